The van der Waals surface area contributed by atoms with E-state index in [4.69, 9.17) is 9.51 Å². The standard InChI is InChI=1S/C24H17N3O2S/c1-15-7-12-19-22(13-15)30-24(26-19)17-8-10-18(11-9-17)25-23(28)20-14-21(29-27-20)16-5-3-2-4-6-16/h2-14H,1H3,(H,25,28). The SMILES string of the molecule is Cc1ccc2nc(-c3ccc(NC(=O)c4cc(-c5ccccc5)on4)cc3)sc2c1. The minimum absolute atomic E-state index is 0.236. The summed E-state index contributed by atoms with van der Waals surface area (Å²) in [4.78, 5) is 17.2. The summed E-state index contributed by atoms with van der Waals surface area (Å²) >= 11 is 1.66. The number of nitrogens with zero attached hydrogens (tertiary/aromatic N) is 2. The van der Waals surface area contributed by atoms with Crippen LogP contribution in [-0.2, 0) is 0 Å². The summed E-state index contributed by atoms with van der Waals surface area (Å²) in [5.74, 6) is 0.242. The minimum atomic E-state index is -0.316. The molecule has 5 aromatic rings. The Morgan fingerprint density at radius 1 is 0.933 bits per heavy atom. The molecule has 1 amide bonds. The summed E-state index contributed by atoms with van der Waals surface area (Å²) in [6, 6.07) is 25.1. The van der Waals surface area contributed by atoms with Gasteiger partial charge in [0.2, 0.25) is 0 Å². The van der Waals surface area contributed by atoms with E-state index in [2.05, 4.69) is 29.5 Å². The predicted molar refractivity (Wildman–Crippen MR) is 120 cm³/mol. The third kappa shape index (κ3) is 3.60. The molecule has 6 heteroatoms. The van der Waals surface area contributed by atoms with E-state index in [1.54, 1.807) is 17.4 Å². The van der Waals surface area contributed by atoms with Crippen molar-refractivity contribution in [1.29, 1.82) is 0 Å². The number of nitrogens with one attached hydrogen (secondary N) is 1. The van der Waals surface area contributed by atoms with Crippen LogP contribution in [0.2, 0.25) is 0 Å². The Labute approximate surface area is 177 Å². The van der Waals surface area contributed by atoms with E-state index < -0.39 is 0 Å². The Balaban J connectivity index is 1.32. The lowest BCUT2D eigenvalue weighted by molar-refractivity contribution is 0.101. The van der Waals surface area contributed by atoms with Crippen LogP contribution in [0.15, 0.2) is 83.4 Å². The number of aromatic nitrogens is 2. The van der Waals surface area contributed by atoms with Gasteiger partial charge in [0.1, 0.15) is 5.01 Å². The predicted octanol–water partition coefficient (Wildman–Crippen LogP) is 6.18. The molecule has 1 N–H and O–H groups in total. The van der Waals surface area contributed by atoms with Gasteiger partial charge in [-0.1, -0.05) is 41.6 Å². The van der Waals surface area contributed by atoms with Gasteiger partial charge in [-0.3, -0.25) is 4.79 Å². The number of carbonyl (C=O) groups excluding carboxylic acids is 1. The van der Waals surface area contributed by atoms with Crippen LogP contribution in [0.3, 0.4) is 0 Å². The molecule has 0 saturated carbocycles. The van der Waals surface area contributed by atoms with Crippen molar-refractivity contribution in [3.8, 4) is 21.9 Å². The first-order chi connectivity index (χ1) is 14.7. The molecule has 0 aliphatic carbocycles. The zero-order chi connectivity index (χ0) is 20.5. The van der Waals surface area contributed by atoms with E-state index in [-0.39, 0.29) is 11.6 Å². The maximum atomic E-state index is 12.5. The Hall–Kier alpha value is -3.77. The largest absolute Gasteiger partial charge is 0.355 e. The Morgan fingerprint density at radius 2 is 1.73 bits per heavy atom. The molecule has 2 heterocycles. The van der Waals surface area contributed by atoms with Crippen molar-refractivity contribution in [2.24, 2.45) is 0 Å². The molecular formula is C24H17N3O2S. The van der Waals surface area contributed by atoms with E-state index in [0.717, 1.165) is 21.7 Å². The number of carbonyl (C=O) groups is 1. The third-order valence-electron chi connectivity index (χ3n) is 4.73. The summed E-state index contributed by atoms with van der Waals surface area (Å²) in [6.07, 6.45) is 0. The smallest absolute Gasteiger partial charge is 0.277 e. The second kappa shape index (κ2) is 7.57. The van der Waals surface area contributed by atoms with Crippen molar-refractivity contribution in [2.45, 2.75) is 6.92 Å². The first-order valence-corrected chi connectivity index (χ1v) is 10.3. The van der Waals surface area contributed by atoms with Gasteiger partial charge in [-0.15, -0.1) is 11.3 Å². The van der Waals surface area contributed by atoms with Gasteiger partial charge in [0.05, 0.1) is 10.2 Å². The molecule has 0 aliphatic heterocycles. The molecule has 146 valence electrons. The number of fused-ring (bicyclic) bond motifs is 1. The first-order valence-electron chi connectivity index (χ1n) is 9.47. The molecule has 0 radical (unpaired) electrons. The topological polar surface area (TPSA) is 68.0 Å². The summed E-state index contributed by atoms with van der Waals surface area (Å²) in [5.41, 5.74) is 5.03. The molecule has 5 rings (SSSR count). The molecule has 0 bridgehead atoms. The van der Waals surface area contributed by atoms with Gasteiger partial charge in [0, 0.05) is 22.9 Å². The maximum absolute atomic E-state index is 12.5. The lowest BCUT2D eigenvalue weighted by Gasteiger charge is -2.03. The van der Waals surface area contributed by atoms with Crippen molar-refractivity contribution in [2.75, 3.05) is 5.32 Å². The molecule has 0 atom stereocenters. The fourth-order valence-corrected chi connectivity index (χ4v) is 4.24. The van der Waals surface area contributed by atoms with E-state index in [9.17, 15) is 4.79 Å². The van der Waals surface area contributed by atoms with Gasteiger partial charge in [0.15, 0.2) is 11.5 Å². The van der Waals surface area contributed by atoms with Crippen LogP contribution in [0.4, 0.5) is 5.69 Å². The maximum Gasteiger partial charge on any atom is 0.277 e. The van der Waals surface area contributed by atoms with E-state index >= 15 is 0 Å². The van der Waals surface area contributed by atoms with Gasteiger partial charge in [0.25, 0.3) is 5.91 Å². The normalized spacial score (nSPS) is 11.0. The lowest BCUT2D eigenvalue weighted by atomic mass is 10.1. The number of amides is 1. The molecule has 0 spiro atoms. The lowest BCUT2D eigenvalue weighted by Crippen LogP contribution is -2.11. The number of hydrogen-bond donors (Lipinski definition) is 1. The highest BCUT2D eigenvalue weighted by Gasteiger charge is 2.14. The quantitative estimate of drug-likeness (QED) is 0.383. The monoisotopic (exact) mass is 411 g/mol. The number of aryl methyl sites for hydroxylation is 1. The molecular weight excluding hydrogens is 394 g/mol. The number of hydrogen-bond acceptors (Lipinski definition) is 5. The molecule has 0 fully saturated rings. The van der Waals surface area contributed by atoms with E-state index in [0.29, 0.717) is 11.4 Å². The Kier molecular flexibility index (Phi) is 4.61. The second-order valence-corrected chi connectivity index (χ2v) is 7.99. The Morgan fingerprint density at radius 3 is 2.53 bits per heavy atom. The molecule has 2 aromatic heterocycles. The fourth-order valence-electron chi connectivity index (χ4n) is 3.17. The zero-order valence-corrected chi connectivity index (χ0v) is 16.9. The second-order valence-electron chi connectivity index (χ2n) is 6.96. The number of anilines is 1. The summed E-state index contributed by atoms with van der Waals surface area (Å²) < 4.78 is 6.48. The van der Waals surface area contributed by atoms with Crippen LogP contribution in [0.5, 0.6) is 0 Å². The molecule has 3 aromatic carbocycles. The fraction of sp³-hybridized carbons (Fsp3) is 0.0417. The average Bonchev–Trinajstić information content (AvgIpc) is 3.42. The summed E-state index contributed by atoms with van der Waals surface area (Å²) in [7, 11) is 0. The summed E-state index contributed by atoms with van der Waals surface area (Å²) in [6.45, 7) is 2.08. The number of benzene rings is 3. The molecule has 30 heavy (non-hydrogen) atoms. The van der Waals surface area contributed by atoms with Crippen LogP contribution in [-0.4, -0.2) is 16.0 Å². The van der Waals surface area contributed by atoms with Crippen molar-refractivity contribution in [3.63, 3.8) is 0 Å². The molecule has 0 unspecified atom stereocenters. The Bertz CT molecular complexity index is 1340. The van der Waals surface area contributed by atoms with Crippen LogP contribution in [0.25, 0.3) is 32.1 Å². The highest BCUT2D eigenvalue weighted by molar-refractivity contribution is 7.21. The summed E-state index contributed by atoms with van der Waals surface area (Å²) in [5, 5.41) is 7.70. The molecule has 5 nitrogen and oxygen atoms in total. The van der Waals surface area contributed by atoms with Crippen LogP contribution in [0.1, 0.15) is 16.1 Å². The van der Waals surface area contributed by atoms with E-state index in [1.165, 1.54) is 10.3 Å². The van der Waals surface area contributed by atoms with Gasteiger partial charge in [-0.05, 0) is 48.9 Å². The highest BCUT2D eigenvalue weighted by Crippen LogP contribution is 2.31. The van der Waals surface area contributed by atoms with Gasteiger partial charge in [-0.25, -0.2) is 4.98 Å². The van der Waals surface area contributed by atoms with Crippen molar-refractivity contribution >= 4 is 33.1 Å². The number of thiazole rings is 1. The van der Waals surface area contributed by atoms with Gasteiger partial charge in [-0.2, -0.15) is 0 Å². The molecule has 0 saturated heterocycles. The molecule has 0 aliphatic rings. The van der Waals surface area contributed by atoms with Gasteiger partial charge < -0.3 is 9.84 Å². The van der Waals surface area contributed by atoms with Crippen molar-refractivity contribution in [1.82, 2.24) is 10.1 Å². The average molecular weight is 411 g/mol. The third-order valence-corrected chi connectivity index (χ3v) is 5.80. The van der Waals surface area contributed by atoms with Crippen LogP contribution in [0, 0.1) is 6.92 Å². The van der Waals surface area contributed by atoms with Gasteiger partial charge >= 0.3 is 0 Å². The van der Waals surface area contributed by atoms with Crippen molar-refractivity contribution in [3.05, 3.63) is 90.1 Å². The van der Waals surface area contributed by atoms with E-state index in [1.807, 2.05) is 60.7 Å². The number of rotatable bonds is 4. The highest BCUT2D eigenvalue weighted by atomic mass is 32.1. The minimum Gasteiger partial charge on any atom is -0.355 e. The van der Waals surface area contributed by atoms with Crippen molar-refractivity contribution < 1.29 is 9.32 Å². The van der Waals surface area contributed by atoms with Crippen LogP contribution >= 0.6 is 11.3 Å². The van der Waals surface area contributed by atoms with Crippen LogP contribution < -0.4 is 5.32 Å². The zero-order valence-electron chi connectivity index (χ0n) is 16.1. The first kappa shape index (κ1) is 18.3.